The van der Waals surface area contributed by atoms with E-state index in [1.54, 1.807) is 0 Å². The number of carbonyl (C=O) groups is 1. The molecule has 2 aromatic carbocycles. The van der Waals surface area contributed by atoms with Gasteiger partial charge >= 0.3 is 5.97 Å². The lowest BCUT2D eigenvalue weighted by Crippen LogP contribution is -2.32. The number of rotatable bonds is 6. The van der Waals surface area contributed by atoms with Gasteiger partial charge in [0.05, 0.1) is 12.7 Å². The number of likely N-dealkylation sites (tertiary alicyclic amines) is 1. The second-order valence-corrected chi connectivity index (χ2v) is 9.35. The molecule has 0 bridgehead atoms. The van der Waals surface area contributed by atoms with E-state index < -0.39 is 0 Å². The SMILES string of the molecule is COC(=O)c1ccc(Cn2ccc3cc(C4CCN(Cc5ccc(C)cc5)CC4)cnc32)cc1. The van der Waals surface area contributed by atoms with Gasteiger partial charge in [-0.25, -0.2) is 9.78 Å². The number of esters is 1. The first-order valence-corrected chi connectivity index (χ1v) is 12.0. The molecule has 5 nitrogen and oxygen atoms in total. The first-order chi connectivity index (χ1) is 16.6. The Kier molecular flexibility index (Phi) is 6.45. The van der Waals surface area contributed by atoms with Crippen molar-refractivity contribution in [3.8, 4) is 0 Å². The summed E-state index contributed by atoms with van der Waals surface area (Å²) in [5.41, 5.74) is 6.75. The molecule has 34 heavy (non-hydrogen) atoms. The van der Waals surface area contributed by atoms with Gasteiger partial charge in [-0.15, -0.1) is 0 Å². The third-order valence-corrected chi connectivity index (χ3v) is 6.94. The van der Waals surface area contributed by atoms with Crippen LogP contribution in [0.3, 0.4) is 0 Å². The van der Waals surface area contributed by atoms with Crippen LogP contribution in [-0.2, 0) is 17.8 Å². The molecule has 0 unspecified atom stereocenters. The number of methoxy groups -OCH3 is 1. The van der Waals surface area contributed by atoms with Gasteiger partial charge in [0.2, 0.25) is 0 Å². The van der Waals surface area contributed by atoms with E-state index in [1.807, 2.05) is 24.3 Å². The Labute approximate surface area is 201 Å². The van der Waals surface area contributed by atoms with Crippen molar-refractivity contribution in [3.63, 3.8) is 0 Å². The minimum absolute atomic E-state index is 0.312. The largest absolute Gasteiger partial charge is 0.465 e. The van der Waals surface area contributed by atoms with Gasteiger partial charge in [-0.3, -0.25) is 4.90 Å². The lowest BCUT2D eigenvalue weighted by Gasteiger charge is -2.32. The summed E-state index contributed by atoms with van der Waals surface area (Å²) >= 11 is 0. The summed E-state index contributed by atoms with van der Waals surface area (Å²) in [5.74, 6) is 0.258. The Bertz CT molecular complexity index is 1270. The highest BCUT2D eigenvalue weighted by molar-refractivity contribution is 5.89. The van der Waals surface area contributed by atoms with Crippen LogP contribution in [-0.4, -0.2) is 40.6 Å². The molecule has 0 saturated carbocycles. The van der Waals surface area contributed by atoms with Gasteiger partial charge in [-0.1, -0.05) is 42.0 Å². The molecule has 0 spiro atoms. The van der Waals surface area contributed by atoms with E-state index in [-0.39, 0.29) is 5.97 Å². The molecule has 0 aliphatic carbocycles. The number of aromatic nitrogens is 2. The van der Waals surface area contributed by atoms with Crippen LogP contribution in [0.5, 0.6) is 0 Å². The Hall–Kier alpha value is -3.44. The molecule has 3 heterocycles. The number of nitrogens with zero attached hydrogens (tertiary/aromatic N) is 3. The highest BCUT2D eigenvalue weighted by Gasteiger charge is 2.21. The fourth-order valence-corrected chi connectivity index (χ4v) is 4.88. The van der Waals surface area contributed by atoms with Crippen molar-refractivity contribution in [2.24, 2.45) is 0 Å². The van der Waals surface area contributed by atoms with Crippen molar-refractivity contribution in [1.82, 2.24) is 14.5 Å². The fourth-order valence-electron chi connectivity index (χ4n) is 4.88. The van der Waals surface area contributed by atoms with Gasteiger partial charge in [0.1, 0.15) is 5.65 Å². The highest BCUT2D eigenvalue weighted by atomic mass is 16.5. The summed E-state index contributed by atoms with van der Waals surface area (Å²) in [4.78, 5) is 19.1. The Morgan fingerprint density at radius 2 is 1.65 bits per heavy atom. The van der Waals surface area contributed by atoms with E-state index in [9.17, 15) is 4.79 Å². The molecule has 1 aliphatic heterocycles. The molecule has 1 fully saturated rings. The molecular formula is C29H31N3O2. The predicted octanol–water partition coefficient (Wildman–Crippen LogP) is 5.56. The predicted molar refractivity (Wildman–Crippen MR) is 135 cm³/mol. The topological polar surface area (TPSA) is 47.4 Å². The standard InChI is InChI=1S/C29H31N3O2/c1-21-3-5-22(6-4-21)19-31-14-11-24(12-15-31)27-17-26-13-16-32(28(26)30-18-27)20-23-7-9-25(10-8-23)29(33)34-2/h3-10,13,16-18,24H,11-12,14-15,19-20H2,1-2H3. The van der Waals surface area contributed by atoms with Gasteiger partial charge < -0.3 is 9.30 Å². The van der Waals surface area contributed by atoms with Crippen LogP contribution in [0.4, 0.5) is 0 Å². The Morgan fingerprint density at radius 1 is 0.971 bits per heavy atom. The Morgan fingerprint density at radius 3 is 2.35 bits per heavy atom. The lowest BCUT2D eigenvalue weighted by molar-refractivity contribution is 0.0600. The maximum Gasteiger partial charge on any atom is 0.337 e. The molecule has 2 aromatic heterocycles. The van der Waals surface area contributed by atoms with Crippen molar-refractivity contribution in [1.29, 1.82) is 0 Å². The van der Waals surface area contributed by atoms with Crippen LogP contribution in [0.25, 0.3) is 11.0 Å². The average Bonchev–Trinajstić information content (AvgIpc) is 3.27. The fraction of sp³-hybridized carbons (Fsp3) is 0.310. The van der Waals surface area contributed by atoms with Crippen LogP contribution >= 0.6 is 0 Å². The van der Waals surface area contributed by atoms with Gasteiger partial charge in [0, 0.05) is 30.9 Å². The number of hydrogen-bond donors (Lipinski definition) is 0. The zero-order valence-electron chi connectivity index (χ0n) is 19.9. The van der Waals surface area contributed by atoms with Crippen molar-refractivity contribution in [2.75, 3.05) is 20.2 Å². The molecule has 5 heteroatoms. The summed E-state index contributed by atoms with van der Waals surface area (Å²) in [6, 6.07) is 20.9. The second-order valence-electron chi connectivity index (χ2n) is 9.35. The van der Waals surface area contributed by atoms with Crippen LogP contribution < -0.4 is 0 Å². The summed E-state index contributed by atoms with van der Waals surface area (Å²) in [7, 11) is 1.40. The highest BCUT2D eigenvalue weighted by Crippen LogP contribution is 2.30. The molecule has 0 atom stereocenters. The summed E-state index contributed by atoms with van der Waals surface area (Å²) in [6.45, 7) is 6.14. The molecule has 174 valence electrons. The number of hydrogen-bond acceptors (Lipinski definition) is 4. The average molecular weight is 454 g/mol. The maximum absolute atomic E-state index is 11.7. The third-order valence-electron chi connectivity index (χ3n) is 6.94. The van der Waals surface area contributed by atoms with Crippen molar-refractivity contribution in [3.05, 3.63) is 101 Å². The maximum atomic E-state index is 11.7. The monoisotopic (exact) mass is 453 g/mol. The molecule has 1 saturated heterocycles. The normalized spacial score (nSPS) is 15.0. The van der Waals surface area contributed by atoms with Crippen LogP contribution in [0.1, 0.15) is 51.4 Å². The first kappa shape index (κ1) is 22.4. The first-order valence-electron chi connectivity index (χ1n) is 12.0. The molecule has 0 radical (unpaired) electrons. The summed E-state index contributed by atoms with van der Waals surface area (Å²) in [6.07, 6.45) is 6.51. The van der Waals surface area contributed by atoms with E-state index in [0.29, 0.717) is 18.0 Å². The minimum atomic E-state index is -0.312. The van der Waals surface area contributed by atoms with Crippen molar-refractivity contribution < 1.29 is 9.53 Å². The quantitative estimate of drug-likeness (QED) is 0.359. The van der Waals surface area contributed by atoms with Crippen LogP contribution in [0.2, 0.25) is 0 Å². The van der Waals surface area contributed by atoms with Crippen molar-refractivity contribution in [2.45, 2.75) is 38.8 Å². The van der Waals surface area contributed by atoms with E-state index in [1.165, 1.54) is 42.0 Å². The Balaban J connectivity index is 1.22. The van der Waals surface area contributed by atoms with Crippen LogP contribution in [0.15, 0.2) is 73.1 Å². The number of piperidine rings is 1. The zero-order valence-corrected chi connectivity index (χ0v) is 19.9. The third kappa shape index (κ3) is 4.90. The number of carbonyl (C=O) groups excluding carboxylic acids is 1. The molecule has 5 rings (SSSR count). The number of ether oxygens (including phenoxy) is 1. The molecule has 0 N–H and O–H groups in total. The van der Waals surface area contributed by atoms with Gasteiger partial charge in [0.15, 0.2) is 0 Å². The lowest BCUT2D eigenvalue weighted by atomic mass is 9.90. The van der Waals surface area contributed by atoms with Gasteiger partial charge in [-0.05, 0) is 79.7 Å². The van der Waals surface area contributed by atoms with E-state index in [4.69, 9.17) is 9.72 Å². The van der Waals surface area contributed by atoms with Gasteiger partial charge in [-0.2, -0.15) is 0 Å². The summed E-state index contributed by atoms with van der Waals surface area (Å²) < 4.78 is 6.94. The zero-order chi connectivity index (χ0) is 23.5. The number of benzene rings is 2. The number of fused-ring (bicyclic) bond motifs is 1. The van der Waals surface area contributed by atoms with E-state index >= 15 is 0 Å². The summed E-state index contributed by atoms with van der Waals surface area (Å²) in [5, 5.41) is 1.19. The molecular weight excluding hydrogens is 422 g/mol. The number of pyridine rings is 1. The number of aryl methyl sites for hydroxylation is 1. The second kappa shape index (κ2) is 9.82. The minimum Gasteiger partial charge on any atom is -0.465 e. The van der Waals surface area contributed by atoms with E-state index in [2.05, 4.69) is 65.2 Å². The molecule has 4 aromatic rings. The van der Waals surface area contributed by atoms with E-state index in [0.717, 1.165) is 30.8 Å². The smallest absolute Gasteiger partial charge is 0.337 e. The molecule has 0 amide bonds. The van der Waals surface area contributed by atoms with Crippen LogP contribution in [0, 0.1) is 6.92 Å². The van der Waals surface area contributed by atoms with Crippen molar-refractivity contribution >= 4 is 17.0 Å². The van der Waals surface area contributed by atoms with Gasteiger partial charge in [0.25, 0.3) is 0 Å². The molecule has 1 aliphatic rings.